The lowest BCUT2D eigenvalue weighted by Crippen LogP contribution is -2.46. The molecule has 2 fully saturated rings. The molecule has 2 N–H and O–H groups in total. The molecule has 1 heterocycles. The zero-order chi connectivity index (χ0) is 23.6. The summed E-state index contributed by atoms with van der Waals surface area (Å²) in [5, 5.41) is 2.38. The third-order valence-corrected chi connectivity index (χ3v) is 8.21. The van der Waals surface area contributed by atoms with Crippen molar-refractivity contribution in [3.63, 3.8) is 0 Å². The Hall–Kier alpha value is -1.71. The van der Waals surface area contributed by atoms with Crippen molar-refractivity contribution in [3.8, 4) is 0 Å². The molecule has 1 aromatic rings. The second-order valence-electron chi connectivity index (χ2n) is 9.54. The van der Waals surface area contributed by atoms with E-state index in [9.17, 15) is 13.2 Å². The van der Waals surface area contributed by atoms with Gasteiger partial charge in [-0.05, 0) is 78.0 Å². The van der Waals surface area contributed by atoms with E-state index < -0.39 is 15.3 Å². The number of morpholine rings is 1. The van der Waals surface area contributed by atoms with Crippen LogP contribution in [-0.2, 0) is 19.6 Å². The second-order valence-corrected chi connectivity index (χ2v) is 11.8. The largest absolute Gasteiger partial charge is 0.372 e. The molecule has 180 valence electrons. The summed E-state index contributed by atoms with van der Waals surface area (Å²) < 4.78 is 47.6. The summed E-state index contributed by atoms with van der Waals surface area (Å²) in [7, 11) is -3.32. The van der Waals surface area contributed by atoms with E-state index in [-0.39, 0.29) is 35.9 Å². The number of carbonyl (C=O) groups excluding carboxylic acids is 1. The average molecular weight is 470 g/mol. The van der Waals surface area contributed by atoms with Gasteiger partial charge in [0, 0.05) is 30.7 Å². The van der Waals surface area contributed by atoms with Crippen LogP contribution >= 0.6 is 0 Å². The van der Waals surface area contributed by atoms with Crippen molar-refractivity contribution in [2.75, 3.05) is 23.3 Å². The van der Waals surface area contributed by atoms with Crippen LogP contribution in [0.5, 0.6) is 0 Å². The van der Waals surface area contributed by atoms with Crippen molar-refractivity contribution < 1.29 is 22.3 Å². The van der Waals surface area contributed by atoms with Gasteiger partial charge in [-0.1, -0.05) is 0 Å². The zero-order valence-electron chi connectivity index (χ0n) is 19.7. The van der Waals surface area contributed by atoms with Gasteiger partial charge in [-0.25, -0.2) is 17.5 Å². The van der Waals surface area contributed by atoms with Gasteiger partial charge >= 0.3 is 0 Å². The van der Waals surface area contributed by atoms with Crippen molar-refractivity contribution in [2.45, 2.75) is 83.8 Å². The molecule has 1 saturated carbocycles. The van der Waals surface area contributed by atoms with Crippen LogP contribution in [0, 0.1) is 18.7 Å². The standard InChI is InChI=1S/C23H36FN3O4S/c1-14(2)32(29,30)26-19-8-6-18(7-9-19)23(28)25-20-10-15(3)22(21(24)11-20)27-12-16(4)31-17(5)13-27/h10-11,14,16-19,26H,6-9,12-13H2,1-5H3,(H,25,28)/t16-,17+,18?,19?. The second kappa shape index (κ2) is 10.1. The summed E-state index contributed by atoms with van der Waals surface area (Å²) in [4.78, 5) is 14.8. The molecular weight excluding hydrogens is 433 g/mol. The number of amides is 1. The number of ether oxygens (including phenoxy) is 1. The van der Waals surface area contributed by atoms with E-state index in [1.165, 1.54) is 6.07 Å². The number of nitrogens with one attached hydrogen (secondary N) is 2. The van der Waals surface area contributed by atoms with Gasteiger partial charge in [0.15, 0.2) is 0 Å². The number of aryl methyl sites for hydroxylation is 1. The minimum atomic E-state index is -3.32. The first-order valence-electron chi connectivity index (χ1n) is 11.5. The van der Waals surface area contributed by atoms with Gasteiger partial charge < -0.3 is 15.0 Å². The number of carbonyl (C=O) groups is 1. The normalized spacial score (nSPS) is 26.9. The molecule has 0 bridgehead atoms. The highest BCUT2D eigenvalue weighted by Gasteiger charge is 2.30. The Bertz CT molecular complexity index is 896. The Morgan fingerprint density at radius 3 is 2.25 bits per heavy atom. The summed E-state index contributed by atoms with van der Waals surface area (Å²) >= 11 is 0. The van der Waals surface area contributed by atoms with Crippen molar-refractivity contribution in [1.29, 1.82) is 0 Å². The number of hydrogen-bond donors (Lipinski definition) is 2. The number of nitrogens with zero attached hydrogens (tertiary/aromatic N) is 1. The van der Waals surface area contributed by atoms with E-state index in [0.717, 1.165) is 5.56 Å². The van der Waals surface area contributed by atoms with Gasteiger partial charge in [-0.15, -0.1) is 0 Å². The Morgan fingerprint density at radius 1 is 1.12 bits per heavy atom. The van der Waals surface area contributed by atoms with E-state index in [1.54, 1.807) is 13.8 Å². The van der Waals surface area contributed by atoms with E-state index in [2.05, 4.69) is 10.0 Å². The molecule has 1 amide bonds. The van der Waals surface area contributed by atoms with Gasteiger partial charge in [0.25, 0.3) is 0 Å². The molecule has 2 atom stereocenters. The minimum absolute atomic E-state index is 0.0251. The molecule has 0 aromatic heterocycles. The number of sulfonamides is 1. The lowest BCUT2D eigenvalue weighted by molar-refractivity contribution is -0.120. The average Bonchev–Trinajstić information content (AvgIpc) is 2.66. The number of anilines is 2. The summed E-state index contributed by atoms with van der Waals surface area (Å²) in [5.74, 6) is -0.706. The summed E-state index contributed by atoms with van der Waals surface area (Å²) in [6.07, 6.45) is 2.47. The van der Waals surface area contributed by atoms with Crippen LogP contribution in [-0.4, -0.2) is 50.9 Å². The molecule has 1 saturated heterocycles. The minimum Gasteiger partial charge on any atom is -0.372 e. The SMILES string of the molecule is Cc1cc(NC(=O)C2CCC(NS(=O)(=O)C(C)C)CC2)cc(F)c1N1C[C@@H](C)O[C@@H](C)C1. The predicted molar refractivity (Wildman–Crippen MR) is 125 cm³/mol. The molecule has 2 aliphatic rings. The summed E-state index contributed by atoms with van der Waals surface area (Å²) in [6, 6.07) is 3.06. The quantitative estimate of drug-likeness (QED) is 0.665. The van der Waals surface area contributed by atoms with Gasteiger partial charge in [0.2, 0.25) is 15.9 Å². The van der Waals surface area contributed by atoms with Gasteiger partial charge in [-0.2, -0.15) is 0 Å². The van der Waals surface area contributed by atoms with Crippen molar-refractivity contribution >= 4 is 27.3 Å². The maximum atomic E-state index is 15.0. The van der Waals surface area contributed by atoms with Crippen LogP contribution in [0.1, 0.15) is 58.9 Å². The number of hydrogen-bond acceptors (Lipinski definition) is 5. The first-order valence-corrected chi connectivity index (χ1v) is 13.0. The van der Waals surface area contributed by atoms with Crippen LogP contribution in [0.3, 0.4) is 0 Å². The van der Waals surface area contributed by atoms with Gasteiger partial charge in [0.05, 0.1) is 23.1 Å². The summed E-state index contributed by atoms with van der Waals surface area (Å²) in [6.45, 7) is 10.3. The molecule has 1 aliphatic carbocycles. The lowest BCUT2D eigenvalue weighted by Gasteiger charge is -2.37. The van der Waals surface area contributed by atoms with Crippen LogP contribution in [0.15, 0.2) is 12.1 Å². The van der Waals surface area contributed by atoms with Gasteiger partial charge in [0.1, 0.15) is 5.82 Å². The van der Waals surface area contributed by atoms with E-state index >= 15 is 4.39 Å². The maximum Gasteiger partial charge on any atom is 0.227 e. The third-order valence-electron chi connectivity index (χ3n) is 6.31. The molecule has 7 nitrogen and oxygen atoms in total. The Kier molecular flexibility index (Phi) is 7.83. The molecule has 0 radical (unpaired) electrons. The van der Waals surface area contributed by atoms with E-state index in [1.807, 2.05) is 31.7 Å². The van der Waals surface area contributed by atoms with Crippen LogP contribution in [0.25, 0.3) is 0 Å². The molecule has 1 aliphatic heterocycles. The molecular formula is C23H36FN3O4S. The van der Waals surface area contributed by atoms with Crippen molar-refractivity contribution in [3.05, 3.63) is 23.5 Å². The Morgan fingerprint density at radius 2 is 1.72 bits per heavy atom. The predicted octanol–water partition coefficient (Wildman–Crippen LogP) is 3.57. The number of benzene rings is 1. The smallest absolute Gasteiger partial charge is 0.227 e. The molecule has 1 aromatic carbocycles. The van der Waals surface area contributed by atoms with Crippen molar-refractivity contribution in [2.24, 2.45) is 5.92 Å². The number of rotatable bonds is 6. The topological polar surface area (TPSA) is 87.7 Å². The first kappa shape index (κ1) is 24.9. The van der Waals surface area contributed by atoms with Crippen LogP contribution in [0.2, 0.25) is 0 Å². The molecule has 3 rings (SSSR count). The monoisotopic (exact) mass is 469 g/mol. The first-order chi connectivity index (χ1) is 15.0. The molecule has 9 heteroatoms. The Balaban J connectivity index is 1.60. The Labute approximate surface area is 191 Å². The molecule has 0 spiro atoms. The third kappa shape index (κ3) is 5.99. The highest BCUT2D eigenvalue weighted by atomic mass is 32.2. The highest BCUT2D eigenvalue weighted by Crippen LogP contribution is 2.31. The fourth-order valence-electron chi connectivity index (χ4n) is 4.66. The van der Waals surface area contributed by atoms with Crippen LogP contribution in [0.4, 0.5) is 15.8 Å². The molecule has 0 unspecified atom stereocenters. The fraction of sp³-hybridized carbons (Fsp3) is 0.696. The summed E-state index contributed by atoms with van der Waals surface area (Å²) in [5.41, 5.74) is 1.78. The maximum absolute atomic E-state index is 15.0. The van der Waals surface area contributed by atoms with Gasteiger partial charge in [-0.3, -0.25) is 4.79 Å². The van der Waals surface area contributed by atoms with Crippen LogP contribution < -0.4 is 14.9 Å². The molecule has 32 heavy (non-hydrogen) atoms. The fourth-order valence-corrected chi connectivity index (χ4v) is 5.63. The lowest BCUT2D eigenvalue weighted by atomic mass is 9.86. The van der Waals surface area contributed by atoms with E-state index in [0.29, 0.717) is 50.1 Å². The number of halogens is 1. The van der Waals surface area contributed by atoms with E-state index in [4.69, 9.17) is 4.74 Å². The highest BCUT2D eigenvalue weighted by molar-refractivity contribution is 7.90. The zero-order valence-corrected chi connectivity index (χ0v) is 20.5. The van der Waals surface area contributed by atoms with Crippen molar-refractivity contribution in [1.82, 2.24) is 4.72 Å².